The van der Waals surface area contributed by atoms with Gasteiger partial charge in [-0.3, -0.25) is 0 Å². The molecule has 0 amide bonds. The summed E-state index contributed by atoms with van der Waals surface area (Å²) in [5.41, 5.74) is 0. The first-order chi connectivity index (χ1) is 8.05. The number of hydrogen-bond donors (Lipinski definition) is 1. The topological polar surface area (TPSA) is 41.1 Å². The van der Waals surface area contributed by atoms with Gasteiger partial charge in [0.25, 0.3) is 0 Å². The average molecular weight is 264 g/mol. The van der Waals surface area contributed by atoms with Crippen molar-refractivity contribution in [3.05, 3.63) is 5.01 Å². The Morgan fingerprint density at radius 3 is 2.82 bits per heavy atom. The van der Waals surface area contributed by atoms with Gasteiger partial charge in [0.15, 0.2) is 0 Å². The van der Waals surface area contributed by atoms with Crippen molar-refractivity contribution in [3.8, 4) is 0 Å². The molecule has 4 nitrogen and oxygen atoms in total. The highest BCUT2D eigenvalue weighted by Crippen LogP contribution is 2.38. The summed E-state index contributed by atoms with van der Waals surface area (Å²) in [4.78, 5) is 1.96. The van der Waals surface area contributed by atoms with Crippen molar-refractivity contribution in [3.63, 3.8) is 0 Å². The van der Waals surface area contributed by atoms with Crippen LogP contribution >= 0.6 is 11.3 Å². The molecular formula is C9H11F3N4S. The highest BCUT2D eigenvalue weighted by molar-refractivity contribution is 7.15. The monoisotopic (exact) mass is 264 g/mol. The zero-order valence-electron chi connectivity index (χ0n) is 8.87. The van der Waals surface area contributed by atoms with Crippen LogP contribution in [0.2, 0.25) is 0 Å². The van der Waals surface area contributed by atoms with Gasteiger partial charge in [-0.1, -0.05) is 11.3 Å². The SMILES string of the molecule is FC(F)(F)c1nnc(N2CC[C@H]3CNC[C@H]32)s1. The maximum Gasteiger partial charge on any atom is 0.445 e. The molecule has 94 valence electrons. The van der Waals surface area contributed by atoms with E-state index in [1.807, 2.05) is 4.90 Å². The van der Waals surface area contributed by atoms with E-state index in [-0.39, 0.29) is 6.04 Å². The fourth-order valence-electron chi connectivity index (χ4n) is 2.53. The zero-order valence-corrected chi connectivity index (χ0v) is 9.68. The third kappa shape index (κ3) is 1.89. The van der Waals surface area contributed by atoms with Crippen LogP contribution in [-0.4, -0.2) is 35.9 Å². The van der Waals surface area contributed by atoms with Crippen molar-refractivity contribution in [2.24, 2.45) is 5.92 Å². The van der Waals surface area contributed by atoms with Crippen LogP contribution < -0.4 is 10.2 Å². The van der Waals surface area contributed by atoms with Crippen molar-refractivity contribution in [2.75, 3.05) is 24.5 Å². The molecule has 0 bridgehead atoms. The molecule has 0 aliphatic carbocycles. The van der Waals surface area contributed by atoms with E-state index in [1.165, 1.54) is 0 Å². The van der Waals surface area contributed by atoms with Crippen LogP contribution in [-0.2, 0) is 6.18 Å². The van der Waals surface area contributed by atoms with Crippen LogP contribution in [0, 0.1) is 5.92 Å². The fourth-order valence-corrected chi connectivity index (χ4v) is 3.33. The van der Waals surface area contributed by atoms with E-state index in [4.69, 9.17) is 0 Å². The molecular weight excluding hydrogens is 253 g/mol. The molecule has 2 saturated heterocycles. The third-order valence-corrected chi connectivity index (χ3v) is 4.35. The van der Waals surface area contributed by atoms with Gasteiger partial charge in [-0.05, 0) is 12.3 Å². The molecule has 3 heterocycles. The number of nitrogens with one attached hydrogen (secondary N) is 1. The lowest BCUT2D eigenvalue weighted by Crippen LogP contribution is -2.33. The first-order valence-corrected chi connectivity index (χ1v) is 6.25. The second-order valence-corrected chi connectivity index (χ2v) is 5.31. The molecule has 2 fully saturated rings. The summed E-state index contributed by atoms with van der Waals surface area (Å²) >= 11 is 0.637. The molecule has 2 aliphatic rings. The second-order valence-electron chi connectivity index (χ2n) is 4.36. The van der Waals surface area contributed by atoms with E-state index in [0.717, 1.165) is 26.1 Å². The first-order valence-electron chi connectivity index (χ1n) is 5.44. The van der Waals surface area contributed by atoms with Crippen molar-refractivity contribution in [1.29, 1.82) is 0 Å². The predicted octanol–water partition coefficient (Wildman–Crippen LogP) is 1.35. The summed E-state index contributed by atoms with van der Waals surface area (Å²) in [5.74, 6) is 0.535. The van der Waals surface area contributed by atoms with E-state index in [1.54, 1.807) is 0 Å². The van der Waals surface area contributed by atoms with Gasteiger partial charge < -0.3 is 10.2 Å². The molecule has 0 saturated carbocycles. The van der Waals surface area contributed by atoms with Crippen LogP contribution in [0.4, 0.5) is 18.3 Å². The number of fused-ring (bicyclic) bond motifs is 1. The quantitative estimate of drug-likeness (QED) is 0.831. The Kier molecular flexibility index (Phi) is 2.51. The Hall–Kier alpha value is -0.890. The lowest BCUT2D eigenvalue weighted by Gasteiger charge is -2.21. The summed E-state index contributed by atoms with van der Waals surface area (Å²) in [7, 11) is 0. The smallest absolute Gasteiger partial charge is 0.342 e. The van der Waals surface area contributed by atoms with E-state index < -0.39 is 11.2 Å². The van der Waals surface area contributed by atoms with E-state index >= 15 is 0 Å². The number of nitrogens with zero attached hydrogens (tertiary/aromatic N) is 3. The number of alkyl halides is 3. The van der Waals surface area contributed by atoms with Gasteiger partial charge in [0, 0.05) is 25.7 Å². The minimum absolute atomic E-state index is 0.282. The molecule has 1 aromatic heterocycles. The Bertz CT molecular complexity index is 419. The molecule has 3 rings (SSSR count). The zero-order chi connectivity index (χ0) is 12.0. The average Bonchev–Trinajstić information content (AvgIpc) is 2.91. The van der Waals surface area contributed by atoms with Gasteiger partial charge in [0.2, 0.25) is 10.1 Å². The second kappa shape index (κ2) is 3.81. The van der Waals surface area contributed by atoms with E-state index in [9.17, 15) is 13.2 Å². The van der Waals surface area contributed by atoms with Crippen LogP contribution in [0.25, 0.3) is 0 Å². The molecule has 0 spiro atoms. The van der Waals surface area contributed by atoms with Gasteiger partial charge in [-0.2, -0.15) is 13.2 Å². The van der Waals surface area contributed by atoms with Crippen molar-refractivity contribution >= 4 is 16.5 Å². The highest BCUT2D eigenvalue weighted by atomic mass is 32.1. The Morgan fingerprint density at radius 1 is 1.29 bits per heavy atom. The third-order valence-electron chi connectivity index (χ3n) is 3.35. The Labute approximate surface area is 99.8 Å². The Morgan fingerprint density at radius 2 is 2.12 bits per heavy atom. The minimum atomic E-state index is -4.39. The molecule has 0 unspecified atom stereocenters. The van der Waals surface area contributed by atoms with E-state index in [0.29, 0.717) is 22.4 Å². The standard InChI is InChI=1S/C9H11F3N4S/c10-9(11,12)7-14-15-8(17-7)16-2-1-5-3-13-4-6(5)16/h5-6,13H,1-4H2/t5-,6+/m0/s1. The predicted molar refractivity (Wildman–Crippen MR) is 57.0 cm³/mol. The normalized spacial score (nSPS) is 28.8. The molecule has 8 heteroatoms. The van der Waals surface area contributed by atoms with Gasteiger partial charge in [-0.25, -0.2) is 0 Å². The fraction of sp³-hybridized carbons (Fsp3) is 0.778. The molecule has 2 atom stereocenters. The minimum Gasteiger partial charge on any atom is -0.342 e. The summed E-state index contributed by atoms with van der Waals surface area (Å²) in [6.07, 6.45) is -3.37. The highest BCUT2D eigenvalue weighted by Gasteiger charge is 2.41. The summed E-state index contributed by atoms with van der Waals surface area (Å²) < 4.78 is 37.3. The van der Waals surface area contributed by atoms with Crippen LogP contribution in [0.5, 0.6) is 0 Å². The van der Waals surface area contributed by atoms with Gasteiger partial charge >= 0.3 is 6.18 Å². The van der Waals surface area contributed by atoms with Crippen LogP contribution in [0.3, 0.4) is 0 Å². The lowest BCUT2D eigenvalue weighted by atomic mass is 10.1. The van der Waals surface area contributed by atoms with Gasteiger partial charge in [0.05, 0.1) is 0 Å². The summed E-state index contributed by atoms with van der Waals surface area (Å²) in [6.45, 7) is 2.56. The number of anilines is 1. The molecule has 2 aliphatic heterocycles. The maximum absolute atomic E-state index is 12.4. The molecule has 1 N–H and O–H groups in total. The first kappa shape index (κ1) is 11.2. The summed E-state index contributed by atoms with van der Waals surface area (Å²) in [5, 5.41) is 9.69. The van der Waals surface area contributed by atoms with E-state index in [2.05, 4.69) is 15.5 Å². The summed E-state index contributed by atoms with van der Waals surface area (Å²) in [6, 6.07) is 0.282. The number of aromatic nitrogens is 2. The Balaban J connectivity index is 1.83. The van der Waals surface area contributed by atoms with Crippen LogP contribution in [0.1, 0.15) is 11.4 Å². The number of rotatable bonds is 1. The van der Waals surface area contributed by atoms with Crippen molar-refractivity contribution < 1.29 is 13.2 Å². The number of halogens is 3. The molecule has 1 aromatic rings. The van der Waals surface area contributed by atoms with Gasteiger partial charge in [0.1, 0.15) is 0 Å². The molecule has 0 aromatic carbocycles. The maximum atomic E-state index is 12.4. The van der Waals surface area contributed by atoms with Crippen molar-refractivity contribution in [2.45, 2.75) is 18.6 Å². The number of hydrogen-bond acceptors (Lipinski definition) is 5. The lowest BCUT2D eigenvalue weighted by molar-refractivity contribution is -0.138. The molecule has 0 radical (unpaired) electrons. The largest absolute Gasteiger partial charge is 0.445 e. The van der Waals surface area contributed by atoms with Crippen LogP contribution in [0.15, 0.2) is 0 Å². The van der Waals surface area contributed by atoms with Gasteiger partial charge in [-0.15, -0.1) is 10.2 Å². The van der Waals surface area contributed by atoms with Crippen molar-refractivity contribution in [1.82, 2.24) is 15.5 Å². The molecule has 17 heavy (non-hydrogen) atoms.